The van der Waals surface area contributed by atoms with Crippen LogP contribution >= 0.6 is 12.4 Å². The van der Waals surface area contributed by atoms with E-state index in [-0.39, 0.29) is 18.1 Å². The molecular formula is C10H8ClN2O2. The number of aliphatic imine (C=N–C) groups is 1. The number of halogens is 1. The summed E-state index contributed by atoms with van der Waals surface area (Å²) in [5.41, 5.74) is 0.795. The molecule has 5 heteroatoms. The Balaban J connectivity index is 0.00000112. The molecule has 1 aliphatic rings. The summed E-state index contributed by atoms with van der Waals surface area (Å²) >= 11 is 0. The molecule has 1 heterocycles. The monoisotopic (exact) mass is 223 g/mol. The average Bonchev–Trinajstić information content (AvgIpc) is 2.68. The second kappa shape index (κ2) is 4.61. The van der Waals surface area contributed by atoms with Crippen molar-refractivity contribution in [1.29, 1.82) is 0 Å². The molecule has 0 aromatic heterocycles. The molecule has 4 nitrogen and oxygen atoms in total. The van der Waals surface area contributed by atoms with Gasteiger partial charge in [0.25, 0.3) is 0 Å². The zero-order valence-electron chi connectivity index (χ0n) is 7.62. The fourth-order valence-corrected chi connectivity index (χ4v) is 1.12. The van der Waals surface area contributed by atoms with Gasteiger partial charge >= 0.3 is 5.97 Å². The lowest BCUT2D eigenvalue weighted by Crippen LogP contribution is -2.16. The molecule has 0 aliphatic carbocycles. The Hall–Kier alpha value is -1.81. The Labute approximate surface area is 92.7 Å². The summed E-state index contributed by atoms with van der Waals surface area (Å²) in [6, 6.07) is 9.25. The van der Waals surface area contributed by atoms with Crippen LogP contribution in [0.5, 0.6) is 0 Å². The molecule has 1 aliphatic heterocycles. The molecule has 77 valence electrons. The Morgan fingerprint density at radius 3 is 2.40 bits per heavy atom. The van der Waals surface area contributed by atoms with Crippen molar-refractivity contribution in [1.82, 2.24) is 5.32 Å². The summed E-state index contributed by atoms with van der Waals surface area (Å²) in [5, 5.41) is 12.5. The lowest BCUT2D eigenvalue weighted by Gasteiger charge is -1.99. The van der Waals surface area contributed by atoms with Crippen LogP contribution in [0.4, 0.5) is 0 Å². The molecule has 1 radical (unpaired) electrons. The van der Waals surface area contributed by atoms with Gasteiger partial charge in [0.15, 0.2) is 11.5 Å². The molecule has 1 N–H and O–H groups in total. The summed E-state index contributed by atoms with van der Waals surface area (Å²) in [7, 11) is 0. The van der Waals surface area contributed by atoms with E-state index in [0.29, 0.717) is 5.84 Å². The molecule has 1 aromatic rings. The smallest absolute Gasteiger partial charge is 0.356 e. The Morgan fingerprint density at radius 2 is 1.87 bits per heavy atom. The lowest BCUT2D eigenvalue weighted by atomic mass is 10.2. The fourth-order valence-electron chi connectivity index (χ4n) is 1.12. The maximum atomic E-state index is 10.5. The van der Waals surface area contributed by atoms with Crippen molar-refractivity contribution in [2.45, 2.75) is 0 Å². The van der Waals surface area contributed by atoms with Crippen molar-refractivity contribution in [3.63, 3.8) is 0 Å². The van der Waals surface area contributed by atoms with Gasteiger partial charge in [0.2, 0.25) is 0 Å². The van der Waals surface area contributed by atoms with Gasteiger partial charge in [-0.05, 0) is 0 Å². The maximum Gasteiger partial charge on any atom is 0.356 e. The molecule has 1 aromatic carbocycles. The molecule has 0 saturated heterocycles. The van der Waals surface area contributed by atoms with E-state index in [9.17, 15) is 4.79 Å². The topological polar surface area (TPSA) is 63.8 Å². The Morgan fingerprint density at radius 1 is 1.20 bits per heavy atom. The molecule has 0 fully saturated rings. The number of hydrogen-bond acceptors (Lipinski definition) is 2. The van der Waals surface area contributed by atoms with Crippen LogP contribution in [0.2, 0.25) is 0 Å². The average molecular weight is 224 g/mol. The van der Waals surface area contributed by atoms with E-state index in [2.05, 4.69) is 10.3 Å². The first kappa shape index (κ1) is 11.3. The number of amidine groups is 1. The van der Waals surface area contributed by atoms with Crippen LogP contribution in [0.15, 0.2) is 47.2 Å². The van der Waals surface area contributed by atoms with E-state index in [1.807, 2.05) is 30.3 Å². The third-order valence-corrected chi connectivity index (χ3v) is 1.79. The van der Waals surface area contributed by atoms with Crippen LogP contribution in [-0.2, 0) is 4.79 Å². The van der Waals surface area contributed by atoms with Crippen LogP contribution in [0, 0.1) is 0 Å². The van der Waals surface area contributed by atoms with Gasteiger partial charge in [0.05, 0.1) is 6.20 Å². The highest BCUT2D eigenvalue weighted by Gasteiger charge is 2.18. The van der Waals surface area contributed by atoms with Gasteiger partial charge in [-0.2, -0.15) is 0 Å². The zero-order chi connectivity index (χ0) is 9.97. The maximum absolute atomic E-state index is 10.5. The summed E-state index contributed by atoms with van der Waals surface area (Å²) in [4.78, 5) is 14.5. The van der Waals surface area contributed by atoms with E-state index < -0.39 is 5.97 Å². The number of nitrogens with zero attached hydrogens (tertiary/aromatic N) is 2. The summed E-state index contributed by atoms with van der Waals surface area (Å²) < 4.78 is 0. The molecule has 0 spiro atoms. The number of aliphatic carboxylic acids is 1. The van der Waals surface area contributed by atoms with Gasteiger partial charge in [0, 0.05) is 5.56 Å². The van der Waals surface area contributed by atoms with Crippen molar-refractivity contribution in [3.05, 3.63) is 47.8 Å². The predicted molar refractivity (Wildman–Crippen MR) is 58.1 cm³/mol. The van der Waals surface area contributed by atoms with E-state index >= 15 is 0 Å². The first-order chi connectivity index (χ1) is 6.77. The van der Waals surface area contributed by atoms with E-state index in [0.717, 1.165) is 5.56 Å². The highest BCUT2D eigenvalue weighted by Crippen LogP contribution is 2.09. The van der Waals surface area contributed by atoms with Gasteiger partial charge in [-0.3, -0.25) is 0 Å². The number of carboxylic acid groups (broad SMARTS) is 1. The van der Waals surface area contributed by atoms with E-state index in [1.165, 1.54) is 6.20 Å². The Bertz CT molecular complexity index is 426. The normalized spacial score (nSPS) is 13.3. The SMILES string of the molecule is Cl.O=C(O)C1=CN=C(c2ccccc2)[N]1. The molecular weight excluding hydrogens is 216 g/mol. The minimum absolute atomic E-state index is 0. The second-order valence-corrected chi connectivity index (χ2v) is 2.75. The van der Waals surface area contributed by atoms with Crippen molar-refractivity contribution in [2.24, 2.45) is 4.99 Å². The highest BCUT2D eigenvalue weighted by molar-refractivity contribution is 6.06. The van der Waals surface area contributed by atoms with Gasteiger partial charge in [-0.15, -0.1) is 12.4 Å². The summed E-state index contributed by atoms with van der Waals surface area (Å²) in [6.07, 6.45) is 1.25. The number of hydrogen-bond donors (Lipinski definition) is 1. The van der Waals surface area contributed by atoms with Gasteiger partial charge < -0.3 is 5.11 Å². The third-order valence-electron chi connectivity index (χ3n) is 1.79. The standard InChI is InChI=1S/C10H7N2O2.ClH/c13-10(14)8-6-11-9(12-8)7-4-2-1-3-5-7;/h1-6H,(H,13,14);1H. The van der Waals surface area contributed by atoms with E-state index in [4.69, 9.17) is 5.11 Å². The van der Waals surface area contributed by atoms with Crippen LogP contribution in [0.1, 0.15) is 5.56 Å². The fraction of sp³-hybridized carbons (Fsp3) is 0. The number of carboxylic acids is 1. The predicted octanol–water partition coefficient (Wildman–Crippen LogP) is 1.40. The van der Waals surface area contributed by atoms with Crippen molar-refractivity contribution in [2.75, 3.05) is 0 Å². The van der Waals surface area contributed by atoms with Crippen LogP contribution in [-0.4, -0.2) is 16.9 Å². The van der Waals surface area contributed by atoms with Crippen LogP contribution in [0.3, 0.4) is 0 Å². The van der Waals surface area contributed by atoms with Gasteiger partial charge in [0.1, 0.15) is 0 Å². The number of benzene rings is 1. The second-order valence-electron chi connectivity index (χ2n) is 2.75. The van der Waals surface area contributed by atoms with Crippen LogP contribution in [0.25, 0.3) is 0 Å². The molecule has 2 rings (SSSR count). The molecule has 0 bridgehead atoms. The molecule has 0 unspecified atom stereocenters. The molecule has 0 saturated carbocycles. The molecule has 15 heavy (non-hydrogen) atoms. The first-order valence-corrected chi connectivity index (χ1v) is 4.06. The minimum atomic E-state index is -1.06. The quantitative estimate of drug-likeness (QED) is 0.824. The minimum Gasteiger partial charge on any atom is -0.476 e. The van der Waals surface area contributed by atoms with Crippen molar-refractivity contribution in [3.8, 4) is 0 Å². The largest absolute Gasteiger partial charge is 0.476 e. The molecule has 0 amide bonds. The van der Waals surface area contributed by atoms with Crippen molar-refractivity contribution >= 4 is 24.2 Å². The highest BCUT2D eigenvalue weighted by atomic mass is 35.5. The van der Waals surface area contributed by atoms with E-state index in [1.54, 1.807) is 0 Å². The zero-order valence-corrected chi connectivity index (χ0v) is 8.44. The number of rotatable bonds is 2. The lowest BCUT2D eigenvalue weighted by molar-refractivity contribution is -0.132. The summed E-state index contributed by atoms with van der Waals surface area (Å²) in [5.74, 6) is -0.609. The third kappa shape index (κ3) is 2.35. The number of carbonyl (C=O) groups is 1. The molecule has 0 atom stereocenters. The van der Waals surface area contributed by atoms with Crippen LogP contribution < -0.4 is 5.32 Å². The first-order valence-electron chi connectivity index (χ1n) is 4.06. The van der Waals surface area contributed by atoms with Gasteiger partial charge in [-0.1, -0.05) is 30.3 Å². The summed E-state index contributed by atoms with van der Waals surface area (Å²) in [6.45, 7) is 0. The Kier molecular flexibility index (Phi) is 3.46. The van der Waals surface area contributed by atoms with Gasteiger partial charge in [-0.25, -0.2) is 15.1 Å². The van der Waals surface area contributed by atoms with Crippen molar-refractivity contribution < 1.29 is 9.90 Å².